The molecule has 0 aromatic heterocycles. The van der Waals surface area contributed by atoms with Crippen LogP contribution in [0.2, 0.25) is 0 Å². The van der Waals surface area contributed by atoms with Gasteiger partial charge in [-0.2, -0.15) is 0 Å². The van der Waals surface area contributed by atoms with Gasteiger partial charge in [0.1, 0.15) is 0 Å². The van der Waals surface area contributed by atoms with Crippen LogP contribution in [0, 0.1) is 0 Å². The number of aryl methyl sites for hydroxylation is 1. The molecule has 0 heterocycles. The van der Waals surface area contributed by atoms with Gasteiger partial charge >= 0.3 is 0 Å². The molecule has 0 fully saturated rings. The Kier molecular flexibility index (Phi) is 6.90. The third kappa shape index (κ3) is 5.33. The normalized spacial score (nSPS) is 12.6. The van der Waals surface area contributed by atoms with E-state index in [0.29, 0.717) is 0 Å². The Morgan fingerprint density at radius 3 is 2.82 bits per heavy atom. The highest BCUT2D eigenvalue weighted by Gasteiger charge is 2.07. The number of aliphatic hydroxyl groups excluding tert-OH is 1. The van der Waals surface area contributed by atoms with Crippen LogP contribution in [-0.2, 0) is 11.2 Å². The zero-order chi connectivity index (χ0) is 12.5. The maximum absolute atomic E-state index is 10.1. The molecule has 1 aromatic carbocycles. The molecule has 2 heteroatoms. The zero-order valence-electron chi connectivity index (χ0n) is 11.0. The fraction of sp³-hybridized carbons (Fsp3) is 0.600. The van der Waals surface area contributed by atoms with Crippen LogP contribution in [-0.4, -0.2) is 18.3 Å². The minimum absolute atomic E-state index is 0.354. The Balaban J connectivity index is 2.44. The molecule has 2 nitrogen and oxygen atoms in total. The molecule has 1 atom stereocenters. The molecule has 0 spiro atoms. The summed E-state index contributed by atoms with van der Waals surface area (Å²) in [4.78, 5) is 0. The SMILES string of the molecule is CCCc1cccc(C(O)CCCOCC)c1. The predicted molar refractivity (Wildman–Crippen MR) is 71.1 cm³/mol. The quantitative estimate of drug-likeness (QED) is 0.700. The summed E-state index contributed by atoms with van der Waals surface area (Å²) in [6.07, 6.45) is 3.55. The molecule has 1 aromatic rings. The van der Waals surface area contributed by atoms with Gasteiger partial charge in [-0.05, 0) is 37.3 Å². The minimum Gasteiger partial charge on any atom is -0.388 e. The number of hydrogen-bond donors (Lipinski definition) is 1. The first-order valence-electron chi connectivity index (χ1n) is 6.62. The molecule has 1 rings (SSSR count). The minimum atomic E-state index is -0.354. The van der Waals surface area contributed by atoms with E-state index >= 15 is 0 Å². The van der Waals surface area contributed by atoms with E-state index in [1.165, 1.54) is 5.56 Å². The summed E-state index contributed by atoms with van der Waals surface area (Å²) in [6.45, 7) is 5.65. The van der Waals surface area contributed by atoms with Crippen molar-refractivity contribution in [2.75, 3.05) is 13.2 Å². The van der Waals surface area contributed by atoms with Crippen LogP contribution in [0.15, 0.2) is 24.3 Å². The highest BCUT2D eigenvalue weighted by molar-refractivity contribution is 5.25. The average Bonchev–Trinajstić information content (AvgIpc) is 2.35. The molecule has 0 aliphatic heterocycles. The largest absolute Gasteiger partial charge is 0.388 e. The van der Waals surface area contributed by atoms with E-state index in [4.69, 9.17) is 4.74 Å². The third-order valence-electron chi connectivity index (χ3n) is 2.84. The summed E-state index contributed by atoms with van der Waals surface area (Å²) >= 11 is 0. The lowest BCUT2D eigenvalue weighted by Crippen LogP contribution is -2.01. The number of hydrogen-bond acceptors (Lipinski definition) is 2. The van der Waals surface area contributed by atoms with Crippen molar-refractivity contribution in [3.05, 3.63) is 35.4 Å². The van der Waals surface area contributed by atoms with Crippen molar-refractivity contribution in [2.24, 2.45) is 0 Å². The van der Waals surface area contributed by atoms with Gasteiger partial charge < -0.3 is 9.84 Å². The summed E-state index contributed by atoms with van der Waals surface area (Å²) in [6, 6.07) is 8.28. The highest BCUT2D eigenvalue weighted by atomic mass is 16.5. The molecule has 0 amide bonds. The van der Waals surface area contributed by atoms with Crippen molar-refractivity contribution in [3.8, 4) is 0 Å². The van der Waals surface area contributed by atoms with Gasteiger partial charge in [-0.25, -0.2) is 0 Å². The summed E-state index contributed by atoms with van der Waals surface area (Å²) in [7, 11) is 0. The zero-order valence-corrected chi connectivity index (χ0v) is 11.0. The van der Waals surface area contributed by atoms with Gasteiger partial charge in [-0.15, -0.1) is 0 Å². The Labute approximate surface area is 105 Å². The second-order valence-electron chi connectivity index (χ2n) is 4.35. The van der Waals surface area contributed by atoms with Gasteiger partial charge in [0.25, 0.3) is 0 Å². The average molecular weight is 236 g/mol. The summed E-state index contributed by atoms with van der Waals surface area (Å²) in [5.41, 5.74) is 2.35. The van der Waals surface area contributed by atoms with Crippen molar-refractivity contribution in [1.29, 1.82) is 0 Å². The van der Waals surface area contributed by atoms with E-state index in [-0.39, 0.29) is 6.10 Å². The van der Waals surface area contributed by atoms with Crippen LogP contribution in [0.25, 0.3) is 0 Å². The molecule has 0 saturated heterocycles. The first-order valence-corrected chi connectivity index (χ1v) is 6.62. The van der Waals surface area contributed by atoms with Gasteiger partial charge in [0, 0.05) is 13.2 Å². The van der Waals surface area contributed by atoms with Crippen molar-refractivity contribution >= 4 is 0 Å². The highest BCUT2D eigenvalue weighted by Crippen LogP contribution is 2.19. The van der Waals surface area contributed by atoms with Crippen molar-refractivity contribution in [1.82, 2.24) is 0 Å². The van der Waals surface area contributed by atoms with E-state index in [9.17, 15) is 5.11 Å². The summed E-state index contributed by atoms with van der Waals surface area (Å²) in [5, 5.41) is 10.1. The van der Waals surface area contributed by atoms with Crippen LogP contribution in [0.5, 0.6) is 0 Å². The van der Waals surface area contributed by atoms with Crippen LogP contribution >= 0.6 is 0 Å². The Morgan fingerprint density at radius 2 is 2.12 bits per heavy atom. The van der Waals surface area contributed by atoms with E-state index in [1.54, 1.807) is 0 Å². The first kappa shape index (κ1) is 14.2. The molecule has 0 radical (unpaired) electrons. The third-order valence-corrected chi connectivity index (χ3v) is 2.84. The first-order chi connectivity index (χ1) is 8.27. The number of rotatable bonds is 8. The van der Waals surface area contributed by atoms with E-state index in [2.05, 4.69) is 19.1 Å². The van der Waals surface area contributed by atoms with Crippen molar-refractivity contribution in [3.63, 3.8) is 0 Å². The van der Waals surface area contributed by atoms with Gasteiger partial charge in [-0.1, -0.05) is 37.6 Å². The van der Waals surface area contributed by atoms with Crippen LogP contribution < -0.4 is 0 Å². The molecule has 1 unspecified atom stereocenters. The van der Waals surface area contributed by atoms with Crippen molar-refractivity contribution < 1.29 is 9.84 Å². The second kappa shape index (κ2) is 8.26. The van der Waals surface area contributed by atoms with E-state index in [1.807, 2.05) is 19.1 Å². The Hall–Kier alpha value is -0.860. The fourth-order valence-electron chi connectivity index (χ4n) is 1.93. The summed E-state index contributed by atoms with van der Waals surface area (Å²) in [5.74, 6) is 0. The van der Waals surface area contributed by atoms with Gasteiger partial charge in [0.05, 0.1) is 6.10 Å². The standard InChI is InChI=1S/C15H24O2/c1-3-7-13-8-5-9-14(12-13)15(16)10-6-11-17-4-2/h5,8-9,12,15-16H,3-4,6-7,10-11H2,1-2H3. The molecule has 0 saturated carbocycles. The van der Waals surface area contributed by atoms with Crippen LogP contribution in [0.1, 0.15) is 50.3 Å². The second-order valence-corrected chi connectivity index (χ2v) is 4.35. The number of aliphatic hydroxyl groups is 1. The lowest BCUT2D eigenvalue weighted by atomic mass is 10.0. The maximum atomic E-state index is 10.1. The molecule has 96 valence electrons. The van der Waals surface area contributed by atoms with Gasteiger partial charge in [-0.3, -0.25) is 0 Å². The van der Waals surface area contributed by atoms with Gasteiger partial charge in [0.2, 0.25) is 0 Å². The Morgan fingerprint density at radius 1 is 1.29 bits per heavy atom. The topological polar surface area (TPSA) is 29.5 Å². The monoisotopic (exact) mass is 236 g/mol. The predicted octanol–water partition coefficient (Wildman–Crippen LogP) is 3.49. The smallest absolute Gasteiger partial charge is 0.0791 e. The van der Waals surface area contributed by atoms with E-state index in [0.717, 1.165) is 44.5 Å². The molecular weight excluding hydrogens is 212 g/mol. The summed E-state index contributed by atoms with van der Waals surface area (Å²) < 4.78 is 5.27. The lowest BCUT2D eigenvalue weighted by molar-refractivity contribution is 0.114. The number of benzene rings is 1. The van der Waals surface area contributed by atoms with Crippen LogP contribution in [0.4, 0.5) is 0 Å². The molecular formula is C15H24O2. The Bertz CT molecular complexity index is 310. The molecule has 17 heavy (non-hydrogen) atoms. The fourth-order valence-corrected chi connectivity index (χ4v) is 1.93. The maximum Gasteiger partial charge on any atom is 0.0791 e. The number of ether oxygens (including phenoxy) is 1. The van der Waals surface area contributed by atoms with Crippen molar-refractivity contribution in [2.45, 2.75) is 45.6 Å². The van der Waals surface area contributed by atoms with Gasteiger partial charge in [0.15, 0.2) is 0 Å². The molecule has 0 aliphatic carbocycles. The van der Waals surface area contributed by atoms with Crippen LogP contribution in [0.3, 0.4) is 0 Å². The molecule has 1 N–H and O–H groups in total. The van der Waals surface area contributed by atoms with E-state index < -0.39 is 0 Å². The molecule has 0 bridgehead atoms. The lowest BCUT2D eigenvalue weighted by Gasteiger charge is -2.12. The molecule has 0 aliphatic rings.